The van der Waals surface area contributed by atoms with Crippen LogP contribution in [0.2, 0.25) is 0 Å². The number of hydrogen-bond donors (Lipinski definition) is 0. The third kappa shape index (κ3) is 10.3. The highest BCUT2D eigenvalue weighted by Crippen LogP contribution is 2.66. The molecule has 6 nitrogen and oxygen atoms in total. The van der Waals surface area contributed by atoms with Gasteiger partial charge in [0.1, 0.15) is 0 Å². The minimum Gasteiger partial charge on any atom is -0.261 e. The normalized spacial score (nSPS) is 13.1. The Hall–Kier alpha value is -14.5. The van der Waals surface area contributed by atoms with Crippen molar-refractivity contribution in [2.45, 2.75) is 38.5 Å². The number of fused-ring (bicyclic) bond motifs is 20. The summed E-state index contributed by atoms with van der Waals surface area (Å²) >= 11 is 0. The van der Waals surface area contributed by atoms with Gasteiger partial charge >= 0.3 is 0 Å². The molecule has 0 aliphatic heterocycles. The number of hydrogen-bond acceptors (Lipinski definition) is 6. The van der Waals surface area contributed by atoms with Crippen LogP contribution in [0.25, 0.3) is 168 Å². The molecule has 18 aromatic rings. The molecule has 2 spiro atoms. The Balaban J connectivity index is 0.615. The average Bonchev–Trinajstić information content (AvgIpc) is 1.51. The predicted octanol–water partition coefficient (Wildman–Crippen LogP) is 26.3. The van der Waals surface area contributed by atoms with Crippen LogP contribution in [-0.2, 0) is 10.8 Å². The van der Waals surface area contributed by atoms with Gasteiger partial charge in [0.15, 0.2) is 11.6 Å². The monoisotopic (exact) mass is 1450 g/mol. The first-order valence-corrected chi connectivity index (χ1v) is 39.3. The van der Waals surface area contributed by atoms with Crippen molar-refractivity contribution in [3.05, 3.63) is 431 Å². The number of pyridine rings is 2. The highest BCUT2D eigenvalue weighted by molar-refractivity contribution is 6.03. The van der Waals surface area contributed by atoms with E-state index < -0.39 is 10.8 Å². The fourth-order valence-electron chi connectivity index (χ4n) is 19.4. The fourth-order valence-corrected chi connectivity index (χ4v) is 19.4. The van der Waals surface area contributed by atoms with Gasteiger partial charge in [0.05, 0.1) is 33.6 Å². The second kappa shape index (κ2) is 26.1. The molecule has 0 atom stereocenters. The van der Waals surface area contributed by atoms with Gasteiger partial charge in [-0.25, -0.2) is 19.9 Å². The zero-order chi connectivity index (χ0) is 75.9. The van der Waals surface area contributed by atoms with Crippen LogP contribution in [0.15, 0.2) is 364 Å². The van der Waals surface area contributed by atoms with Gasteiger partial charge in [0.2, 0.25) is 0 Å². The Labute approximate surface area is 663 Å². The molecule has 4 aromatic heterocycles. The zero-order valence-electron chi connectivity index (χ0n) is 63.3. The molecule has 0 N–H and O–H groups in total. The first-order chi connectivity index (χ1) is 56.1. The van der Waals surface area contributed by atoms with Crippen molar-refractivity contribution >= 4 is 0 Å². The summed E-state index contributed by atoms with van der Waals surface area (Å²) in [5.41, 5.74) is 44.1. The van der Waals surface area contributed by atoms with E-state index in [1.165, 1.54) is 106 Å². The van der Waals surface area contributed by atoms with Crippen LogP contribution in [0.5, 0.6) is 0 Å². The number of aryl methyl sites for hydroxylation is 4. The van der Waals surface area contributed by atoms with Crippen LogP contribution in [0.1, 0.15) is 67.0 Å². The van der Waals surface area contributed by atoms with Gasteiger partial charge in [-0.15, -0.1) is 0 Å². The number of aromatic nitrogens is 6. The quantitative estimate of drug-likeness (QED) is 0.128. The van der Waals surface area contributed by atoms with Crippen LogP contribution in [-0.4, -0.2) is 29.9 Å². The Morgan fingerprint density at radius 2 is 0.640 bits per heavy atom. The molecular formula is C108H72N6. The van der Waals surface area contributed by atoms with Gasteiger partial charge in [-0.05, 0) is 214 Å². The molecule has 4 heterocycles. The number of nitrogens with zero attached hydrogens (tertiary/aromatic N) is 6. The Morgan fingerprint density at radius 3 is 1.25 bits per heavy atom. The molecule has 4 aliphatic rings. The molecule has 22 rings (SSSR count). The predicted molar refractivity (Wildman–Crippen MR) is 465 cm³/mol. The van der Waals surface area contributed by atoms with E-state index >= 15 is 0 Å². The summed E-state index contributed by atoms with van der Waals surface area (Å²) in [6, 6.07) is 129. The van der Waals surface area contributed by atoms with Crippen molar-refractivity contribution in [2.24, 2.45) is 0 Å². The van der Waals surface area contributed by atoms with Crippen LogP contribution >= 0.6 is 0 Å². The molecule has 114 heavy (non-hydrogen) atoms. The molecule has 0 saturated carbocycles. The van der Waals surface area contributed by atoms with Crippen molar-refractivity contribution in [2.75, 3.05) is 0 Å². The maximum absolute atomic E-state index is 5.69. The fraction of sp³-hybridized carbons (Fsp3) is 0.0556. The lowest BCUT2D eigenvalue weighted by Crippen LogP contribution is -2.26. The lowest BCUT2D eigenvalue weighted by atomic mass is 9.70. The smallest absolute Gasteiger partial charge is 0.161 e. The summed E-state index contributed by atoms with van der Waals surface area (Å²) < 4.78 is 0. The molecule has 534 valence electrons. The van der Waals surface area contributed by atoms with Crippen molar-refractivity contribution in [1.29, 1.82) is 0 Å². The minimum absolute atomic E-state index is 0.584. The molecule has 0 amide bonds. The molecule has 6 heteroatoms. The van der Waals surface area contributed by atoms with E-state index in [4.69, 9.17) is 24.9 Å². The van der Waals surface area contributed by atoms with Crippen molar-refractivity contribution < 1.29 is 0 Å². The summed E-state index contributed by atoms with van der Waals surface area (Å²) in [7, 11) is 0. The number of rotatable bonds is 11. The summed E-state index contributed by atoms with van der Waals surface area (Å²) in [6.07, 6.45) is 3.81. The topological polar surface area (TPSA) is 77.3 Å². The minimum atomic E-state index is -0.589. The summed E-state index contributed by atoms with van der Waals surface area (Å²) in [5, 5.41) is 0. The van der Waals surface area contributed by atoms with E-state index in [1.807, 2.05) is 18.5 Å². The molecule has 0 saturated heterocycles. The highest BCUT2D eigenvalue weighted by Gasteiger charge is 2.54. The molecular weight excluding hydrogens is 1380 g/mol. The highest BCUT2D eigenvalue weighted by atomic mass is 14.9. The molecule has 0 fully saturated rings. The van der Waals surface area contributed by atoms with Crippen LogP contribution in [0.4, 0.5) is 0 Å². The van der Waals surface area contributed by atoms with E-state index in [2.05, 4.69) is 378 Å². The lowest BCUT2D eigenvalue weighted by Gasteiger charge is -2.30. The van der Waals surface area contributed by atoms with E-state index in [0.29, 0.717) is 11.6 Å². The maximum atomic E-state index is 5.69. The lowest BCUT2D eigenvalue weighted by molar-refractivity contribution is 0.794. The van der Waals surface area contributed by atoms with E-state index in [-0.39, 0.29) is 0 Å². The van der Waals surface area contributed by atoms with Gasteiger partial charge in [-0.3, -0.25) is 9.97 Å². The summed E-state index contributed by atoms with van der Waals surface area (Å²) in [6.45, 7) is 8.38. The first-order valence-electron chi connectivity index (χ1n) is 39.3. The van der Waals surface area contributed by atoms with Crippen molar-refractivity contribution in [3.63, 3.8) is 0 Å². The third-order valence-electron chi connectivity index (χ3n) is 24.5. The van der Waals surface area contributed by atoms with Gasteiger partial charge in [-0.2, -0.15) is 0 Å². The van der Waals surface area contributed by atoms with Gasteiger partial charge < -0.3 is 0 Å². The summed E-state index contributed by atoms with van der Waals surface area (Å²) in [5.74, 6) is 1.35. The summed E-state index contributed by atoms with van der Waals surface area (Å²) in [4.78, 5) is 31.4. The Bertz CT molecular complexity index is 6910. The zero-order valence-corrected chi connectivity index (χ0v) is 63.3. The Morgan fingerprint density at radius 1 is 0.219 bits per heavy atom. The molecule has 0 unspecified atom stereocenters. The second-order valence-electron chi connectivity index (χ2n) is 30.9. The SMILES string of the molecule is Cc1cnc(-c2ccc(-c3ccc4c(c3)-c3c(-c5nc(-c6ccccc6)cc(-c6cccc(-c7ccc(-c8cc(C)nc(-c9ccc%10c(c9)C9(c%11ccccc%11-c%11ccccc%119)c9cccc(-c%11ccc(-c%12ccc(-c%13cccnc%13C)cc%12)cc%11)c9-%10)n8)cc7)c6)n5)cccc3C43c4ccccc4-c4ccccc43)cc2)c(C)c1. The van der Waals surface area contributed by atoms with E-state index in [1.54, 1.807) is 0 Å². The van der Waals surface area contributed by atoms with Gasteiger partial charge in [0.25, 0.3) is 0 Å². The van der Waals surface area contributed by atoms with Crippen LogP contribution in [0.3, 0.4) is 0 Å². The second-order valence-corrected chi connectivity index (χ2v) is 30.9. The number of benzene rings is 14. The molecule has 0 bridgehead atoms. The standard InChI is InChI=1S/C108H72N6/c1-65-58-66(2)104(110-64-65)77-51-43-72(44-52-77)79-54-56-95-90(61-79)103-89(29-18-36-97(103)107(95)91-31-12-8-24-84(91)85-25-9-13-32-92(85)107)106-113-100(75-20-6-5-7-21-75)63-101(114-106)80-23-16-22-78(60-80)71-41-49-76(50-42-71)99-59-67(3)111-105(112-99)81-53-55-88-98(62-81)108(93-33-14-10-26-86(93)87-27-11-15-34-94(87)108)96-35-17-28-83(102(88)96)74-47-39-70(40-48-74)69-37-45-73(46-38-69)82-30-19-57-109-68(82)4/h5-64H,1-4H3. The third-order valence-corrected chi connectivity index (χ3v) is 24.5. The van der Waals surface area contributed by atoms with Crippen LogP contribution < -0.4 is 0 Å². The maximum Gasteiger partial charge on any atom is 0.161 e. The van der Waals surface area contributed by atoms with E-state index in [0.717, 1.165) is 118 Å². The first kappa shape index (κ1) is 66.5. The molecule has 14 aromatic carbocycles. The Kier molecular flexibility index (Phi) is 15.2. The van der Waals surface area contributed by atoms with Gasteiger partial charge in [-0.1, -0.05) is 315 Å². The molecule has 4 aliphatic carbocycles. The van der Waals surface area contributed by atoms with Crippen LogP contribution in [0, 0.1) is 27.7 Å². The van der Waals surface area contributed by atoms with Gasteiger partial charge in [0, 0.05) is 62.7 Å². The van der Waals surface area contributed by atoms with Crippen molar-refractivity contribution in [3.8, 4) is 168 Å². The molecule has 0 radical (unpaired) electrons. The average molecular weight is 1450 g/mol. The largest absolute Gasteiger partial charge is 0.261 e. The van der Waals surface area contributed by atoms with Crippen molar-refractivity contribution in [1.82, 2.24) is 29.9 Å². The van der Waals surface area contributed by atoms with E-state index in [9.17, 15) is 0 Å².